The van der Waals surface area contributed by atoms with Crippen LogP contribution >= 0.6 is 11.6 Å². The highest BCUT2D eigenvalue weighted by molar-refractivity contribution is 6.31. The molecule has 0 saturated carbocycles. The molecule has 1 aliphatic rings. The van der Waals surface area contributed by atoms with Crippen LogP contribution in [0.2, 0.25) is 5.02 Å². The van der Waals surface area contributed by atoms with E-state index in [-0.39, 0.29) is 5.43 Å². The molecule has 1 aromatic heterocycles. The van der Waals surface area contributed by atoms with E-state index >= 15 is 0 Å². The fraction of sp³-hybridized carbons (Fsp3) is 0.480. The van der Waals surface area contributed by atoms with Crippen LogP contribution in [0.4, 0.5) is 0 Å². The number of fused-ring (bicyclic) bond motifs is 2. The summed E-state index contributed by atoms with van der Waals surface area (Å²) in [6.07, 6.45) is 7.40. The van der Waals surface area contributed by atoms with Crippen LogP contribution in [0.5, 0.6) is 5.75 Å². The smallest absolute Gasteiger partial charge is 0.200 e. The first-order valence-corrected chi connectivity index (χ1v) is 11.5. The molecule has 1 fully saturated rings. The minimum atomic E-state index is -0.0775. The molecule has 1 aliphatic heterocycles. The van der Waals surface area contributed by atoms with Crippen molar-refractivity contribution < 1.29 is 9.15 Å². The van der Waals surface area contributed by atoms with Crippen molar-refractivity contribution in [2.75, 3.05) is 26.2 Å². The molecule has 4 nitrogen and oxygen atoms in total. The first kappa shape index (κ1) is 21.2. The zero-order valence-electron chi connectivity index (χ0n) is 17.7. The molecule has 160 valence electrons. The van der Waals surface area contributed by atoms with Gasteiger partial charge in [0.15, 0.2) is 0 Å². The maximum Gasteiger partial charge on any atom is 0.200 e. The standard InChI is InChI=1S/C25H30ClNO3/c1-18-10-13-27(14-11-18)12-4-2-3-5-15-29-20-7-9-24-22(17-20)25(28)21-16-19(26)6-8-23(21)30-24/h6-9,16-18H,2-5,10-15H2,1H3. The summed E-state index contributed by atoms with van der Waals surface area (Å²) in [4.78, 5) is 15.4. The van der Waals surface area contributed by atoms with E-state index in [0.717, 1.165) is 12.3 Å². The SMILES string of the molecule is CC1CCN(CCCCCCOc2ccc3oc4ccc(Cl)cc4c(=O)c3c2)CC1. The van der Waals surface area contributed by atoms with E-state index in [1.54, 1.807) is 30.3 Å². The van der Waals surface area contributed by atoms with Crippen molar-refractivity contribution in [1.82, 2.24) is 4.90 Å². The van der Waals surface area contributed by atoms with Gasteiger partial charge in [0.2, 0.25) is 5.43 Å². The Bertz CT molecular complexity index is 1050. The van der Waals surface area contributed by atoms with Crippen molar-refractivity contribution in [3.63, 3.8) is 0 Å². The third-order valence-electron chi connectivity index (χ3n) is 6.12. The van der Waals surface area contributed by atoms with Crippen molar-refractivity contribution in [1.29, 1.82) is 0 Å². The molecule has 3 aromatic rings. The van der Waals surface area contributed by atoms with Gasteiger partial charge in [0.05, 0.1) is 17.4 Å². The van der Waals surface area contributed by atoms with Gasteiger partial charge in [-0.2, -0.15) is 0 Å². The van der Waals surface area contributed by atoms with E-state index in [9.17, 15) is 4.79 Å². The number of hydrogen-bond donors (Lipinski definition) is 0. The summed E-state index contributed by atoms with van der Waals surface area (Å²) in [6, 6.07) is 10.6. The number of piperidine rings is 1. The Morgan fingerprint density at radius 3 is 2.50 bits per heavy atom. The van der Waals surface area contributed by atoms with Gasteiger partial charge >= 0.3 is 0 Å². The highest BCUT2D eigenvalue weighted by Gasteiger charge is 2.14. The molecule has 4 rings (SSSR count). The number of benzene rings is 2. The number of nitrogens with zero attached hydrogens (tertiary/aromatic N) is 1. The van der Waals surface area contributed by atoms with Gasteiger partial charge in [-0.25, -0.2) is 0 Å². The number of unbranched alkanes of at least 4 members (excludes halogenated alkanes) is 3. The normalized spacial score (nSPS) is 15.8. The summed E-state index contributed by atoms with van der Waals surface area (Å²) < 4.78 is 11.7. The molecule has 0 radical (unpaired) electrons. The molecule has 0 unspecified atom stereocenters. The van der Waals surface area contributed by atoms with E-state index in [4.69, 9.17) is 20.8 Å². The number of likely N-dealkylation sites (tertiary alicyclic amines) is 1. The minimum absolute atomic E-state index is 0.0775. The van der Waals surface area contributed by atoms with Crippen LogP contribution < -0.4 is 10.2 Å². The Kier molecular flexibility index (Phi) is 6.96. The van der Waals surface area contributed by atoms with Crippen LogP contribution in [0.15, 0.2) is 45.6 Å². The van der Waals surface area contributed by atoms with Crippen LogP contribution in [-0.4, -0.2) is 31.1 Å². The molecule has 0 atom stereocenters. The highest BCUT2D eigenvalue weighted by atomic mass is 35.5. The van der Waals surface area contributed by atoms with Crippen molar-refractivity contribution in [3.8, 4) is 5.75 Å². The van der Waals surface area contributed by atoms with Gasteiger partial charge in [-0.3, -0.25) is 4.79 Å². The van der Waals surface area contributed by atoms with Crippen molar-refractivity contribution >= 4 is 33.5 Å². The van der Waals surface area contributed by atoms with E-state index < -0.39 is 0 Å². The van der Waals surface area contributed by atoms with E-state index in [1.807, 2.05) is 6.07 Å². The minimum Gasteiger partial charge on any atom is -0.494 e. The second-order valence-corrected chi connectivity index (χ2v) is 8.95. The highest BCUT2D eigenvalue weighted by Crippen LogP contribution is 2.24. The van der Waals surface area contributed by atoms with E-state index in [0.29, 0.717) is 39.3 Å². The second kappa shape index (κ2) is 9.84. The number of halogens is 1. The zero-order chi connectivity index (χ0) is 20.9. The molecule has 30 heavy (non-hydrogen) atoms. The van der Waals surface area contributed by atoms with Gasteiger partial charge in [-0.05, 0) is 87.6 Å². The summed E-state index contributed by atoms with van der Waals surface area (Å²) in [6.45, 7) is 6.78. The molecular formula is C25H30ClNO3. The van der Waals surface area contributed by atoms with Crippen LogP contribution in [0, 0.1) is 5.92 Å². The third kappa shape index (κ3) is 5.16. The Morgan fingerprint density at radius 2 is 1.70 bits per heavy atom. The van der Waals surface area contributed by atoms with Crippen molar-refractivity contribution in [2.24, 2.45) is 5.92 Å². The number of rotatable bonds is 8. The summed E-state index contributed by atoms with van der Waals surface area (Å²) in [7, 11) is 0. The lowest BCUT2D eigenvalue weighted by molar-refractivity contribution is 0.188. The first-order chi connectivity index (χ1) is 14.6. The summed E-state index contributed by atoms with van der Waals surface area (Å²) >= 11 is 6.04. The van der Waals surface area contributed by atoms with Crippen LogP contribution in [0.25, 0.3) is 21.9 Å². The average Bonchev–Trinajstić information content (AvgIpc) is 2.75. The Morgan fingerprint density at radius 1 is 1.00 bits per heavy atom. The Labute approximate surface area is 182 Å². The molecule has 2 heterocycles. The first-order valence-electron chi connectivity index (χ1n) is 11.1. The predicted octanol–water partition coefficient (Wildman–Crippen LogP) is 6.27. The van der Waals surface area contributed by atoms with E-state index in [1.165, 1.54) is 51.7 Å². The quantitative estimate of drug-likeness (QED) is 0.314. The summed E-state index contributed by atoms with van der Waals surface area (Å²) in [5, 5.41) is 1.55. The number of ether oxygens (including phenoxy) is 1. The average molecular weight is 428 g/mol. The Hall–Kier alpha value is -2.04. The van der Waals surface area contributed by atoms with Gasteiger partial charge in [-0.15, -0.1) is 0 Å². The lowest BCUT2D eigenvalue weighted by Crippen LogP contribution is -2.33. The molecule has 2 aromatic carbocycles. The molecule has 0 aliphatic carbocycles. The zero-order valence-corrected chi connectivity index (χ0v) is 18.4. The second-order valence-electron chi connectivity index (χ2n) is 8.52. The fourth-order valence-electron chi connectivity index (χ4n) is 4.16. The van der Waals surface area contributed by atoms with Gasteiger partial charge in [0.1, 0.15) is 16.9 Å². The van der Waals surface area contributed by atoms with Crippen molar-refractivity contribution in [2.45, 2.75) is 45.4 Å². The topological polar surface area (TPSA) is 42.7 Å². The molecular weight excluding hydrogens is 398 g/mol. The maximum absolute atomic E-state index is 12.8. The molecule has 0 N–H and O–H groups in total. The molecule has 5 heteroatoms. The monoisotopic (exact) mass is 427 g/mol. The van der Waals surface area contributed by atoms with Gasteiger partial charge in [-0.1, -0.05) is 31.4 Å². The molecule has 0 spiro atoms. The van der Waals surface area contributed by atoms with Crippen molar-refractivity contribution in [3.05, 3.63) is 51.6 Å². The largest absolute Gasteiger partial charge is 0.494 e. The Balaban J connectivity index is 1.26. The van der Waals surface area contributed by atoms with Gasteiger partial charge < -0.3 is 14.1 Å². The molecule has 1 saturated heterocycles. The summed E-state index contributed by atoms with van der Waals surface area (Å²) in [5.74, 6) is 1.61. The maximum atomic E-state index is 12.8. The van der Waals surface area contributed by atoms with E-state index in [2.05, 4.69) is 11.8 Å². The predicted molar refractivity (Wildman–Crippen MR) is 124 cm³/mol. The molecule has 0 amide bonds. The summed E-state index contributed by atoms with van der Waals surface area (Å²) in [5.41, 5.74) is 1.03. The van der Waals surface area contributed by atoms with Gasteiger partial charge in [0, 0.05) is 5.02 Å². The number of hydrogen-bond acceptors (Lipinski definition) is 4. The molecule has 0 bridgehead atoms. The van der Waals surface area contributed by atoms with Crippen LogP contribution in [0.3, 0.4) is 0 Å². The van der Waals surface area contributed by atoms with Crippen LogP contribution in [-0.2, 0) is 0 Å². The third-order valence-corrected chi connectivity index (χ3v) is 6.35. The van der Waals surface area contributed by atoms with Crippen LogP contribution in [0.1, 0.15) is 45.4 Å². The lowest BCUT2D eigenvalue weighted by atomic mass is 9.99. The fourth-order valence-corrected chi connectivity index (χ4v) is 4.34. The van der Waals surface area contributed by atoms with Gasteiger partial charge in [0.25, 0.3) is 0 Å². The lowest BCUT2D eigenvalue weighted by Gasteiger charge is -2.30.